The molecular formula is C83H66N23OS+5. The van der Waals surface area contributed by atoms with Crippen LogP contribution in [0.4, 0.5) is 0 Å². The van der Waals surface area contributed by atoms with Crippen LogP contribution in [-0.2, 0) is 81.8 Å². The predicted molar refractivity (Wildman–Crippen MR) is 411 cm³/mol. The van der Waals surface area contributed by atoms with E-state index in [4.69, 9.17) is 16.8 Å². The minimum Gasteiger partial charge on any atom is -0.419 e. The summed E-state index contributed by atoms with van der Waals surface area (Å²) in [5.41, 5.74) is 23.7. The fraction of sp³-hybridized carbons (Fsp3) is 0.145. The number of fused-ring (bicyclic) bond motifs is 35. The summed E-state index contributed by atoms with van der Waals surface area (Å²) >= 11 is 1.84. The second kappa shape index (κ2) is 23.1. The number of hydrogen-bond acceptors (Lipinski definition) is 12. The molecule has 1 aromatic carbocycles. The molecule has 520 valence electrons. The largest absolute Gasteiger partial charge is 0.419 e. The Kier molecular flexibility index (Phi) is 11.3. The van der Waals surface area contributed by atoms with E-state index in [0.29, 0.717) is 57.9 Å². The molecule has 24 nitrogen and oxygen atoms in total. The number of benzene rings is 1. The van der Waals surface area contributed by atoms with Gasteiger partial charge in [0.25, 0.3) is 28.6 Å². The van der Waals surface area contributed by atoms with Gasteiger partial charge in [-0.3, -0.25) is 72.7 Å². The second-order valence-corrected chi connectivity index (χ2v) is 28.6. The van der Waals surface area contributed by atoms with Crippen molar-refractivity contribution in [2.75, 3.05) is 0 Å². The summed E-state index contributed by atoms with van der Waals surface area (Å²) in [6.07, 6.45) is 36.0. The molecule has 0 saturated carbocycles. The third kappa shape index (κ3) is 8.51. The topological polar surface area (TPSA) is 201 Å². The molecule has 5 aliphatic rings. The molecule has 5 aliphatic heterocycles. The van der Waals surface area contributed by atoms with Crippen LogP contribution in [0.15, 0.2) is 219 Å². The zero-order valence-corrected chi connectivity index (χ0v) is 59.2. The number of imidazole rings is 5. The van der Waals surface area contributed by atoms with Gasteiger partial charge in [-0.05, 0) is 66.7 Å². The fourth-order valence-electron chi connectivity index (χ4n) is 17.5. The summed E-state index contributed by atoms with van der Waals surface area (Å²) in [7, 11) is 8.30. The molecule has 0 saturated heterocycles. The van der Waals surface area contributed by atoms with E-state index in [1.165, 1.54) is 114 Å². The number of para-hydroxylation sites is 1. The molecule has 0 unspecified atom stereocenters. The Hall–Kier alpha value is -13.8. The number of hydrogen-bond donors (Lipinski definition) is 0. The summed E-state index contributed by atoms with van der Waals surface area (Å²) in [6.45, 7) is -3.61. The van der Waals surface area contributed by atoms with Gasteiger partial charge in [0.1, 0.15) is 40.9 Å². The van der Waals surface area contributed by atoms with Gasteiger partial charge in [-0.25, -0.2) is 32.0 Å². The molecule has 25 heteroatoms. The highest BCUT2D eigenvalue weighted by Gasteiger charge is 2.41. The molecule has 0 spiro atoms. The van der Waals surface area contributed by atoms with E-state index in [-0.39, 0.29) is 0 Å². The maximum Gasteiger partial charge on any atom is 0.339 e. The van der Waals surface area contributed by atoms with Crippen molar-refractivity contribution in [2.24, 2.45) is 49.1 Å². The van der Waals surface area contributed by atoms with Crippen LogP contribution in [0.2, 0.25) is 0 Å². The molecule has 0 bridgehead atoms. The first kappa shape index (κ1) is 53.0. The minimum atomic E-state index is -2.50. The number of nitrogens with zero attached hydrogens (tertiary/aromatic N) is 23. The summed E-state index contributed by atoms with van der Waals surface area (Å²) in [4.78, 5) is 43.7. The van der Waals surface area contributed by atoms with Gasteiger partial charge in [0, 0.05) is 163 Å². The standard InChI is InChI=1S/C21H16N5.2C16H14N5.C15H11N4O.C15H11N4S/c1-24-19-17-12-23-10-8-18(17)26(15-5-3-2-4-6-15)21(19)25-13-14-7-9-22-11-16(14)20(24)25;2*1-19-13-4-6-18-8-12(13)14-16(19)21-9-10-3-5-17-7-11(10)15(21)20(14)2;2*1-18-13-11-7-17-5-3-12(11)20-15(13)19-8-9-2-4-16-6-10(9)14(18)19/h2-12H,13H2,1H3;2*3-8H,9H2,1-2H3;2*2-7H,8H2,1H3/q5*+1/i;1D3,2D3;2D3;;. The Morgan fingerprint density at radius 3 is 1.26 bits per heavy atom. The lowest BCUT2D eigenvalue weighted by atomic mass is 10.2. The van der Waals surface area contributed by atoms with Gasteiger partial charge in [-0.1, -0.05) is 29.5 Å². The fourth-order valence-corrected chi connectivity index (χ4v) is 18.7. The lowest BCUT2D eigenvalue weighted by molar-refractivity contribution is -0.652. The molecule has 21 aromatic rings. The van der Waals surface area contributed by atoms with Crippen LogP contribution < -0.4 is 22.8 Å². The predicted octanol–water partition coefficient (Wildman–Crippen LogP) is 11.3. The lowest BCUT2D eigenvalue weighted by Gasteiger charge is -2.03. The van der Waals surface area contributed by atoms with E-state index >= 15 is 0 Å². The van der Waals surface area contributed by atoms with Crippen molar-refractivity contribution >= 4 is 120 Å². The number of pyridine rings is 10. The van der Waals surface area contributed by atoms with Gasteiger partial charge in [0.2, 0.25) is 27.8 Å². The summed E-state index contributed by atoms with van der Waals surface area (Å²) in [6, 6.07) is 30.2. The number of thiophene rings is 1. The molecular weight excluding hydrogens is 1370 g/mol. The van der Waals surface area contributed by atoms with E-state index in [2.05, 4.69) is 168 Å². The van der Waals surface area contributed by atoms with Crippen molar-refractivity contribution in [2.45, 2.75) is 32.7 Å². The molecule has 0 aliphatic carbocycles. The first-order valence-electron chi connectivity index (χ1n) is 39.6. The lowest BCUT2D eigenvalue weighted by Crippen LogP contribution is -2.33. The van der Waals surface area contributed by atoms with Crippen LogP contribution in [0.25, 0.3) is 171 Å². The van der Waals surface area contributed by atoms with Crippen LogP contribution in [0.5, 0.6) is 0 Å². The van der Waals surface area contributed by atoms with Crippen molar-refractivity contribution in [1.82, 2.24) is 86.4 Å². The minimum absolute atomic E-state index is 0.346. The highest BCUT2D eigenvalue weighted by atomic mass is 32.1. The maximum atomic E-state index is 8.11. The Bertz CT molecular complexity index is 7630. The molecule has 25 heterocycles. The Morgan fingerprint density at radius 2 is 0.713 bits per heavy atom. The van der Waals surface area contributed by atoms with Crippen LogP contribution in [-0.4, -0.2) is 86.4 Å². The summed E-state index contributed by atoms with van der Waals surface area (Å²) < 4.78 is 106. The number of aromatic nitrogens is 23. The Labute approximate surface area is 630 Å². The van der Waals surface area contributed by atoms with E-state index in [1.54, 1.807) is 54.0 Å². The molecule has 108 heavy (non-hydrogen) atoms. The highest BCUT2D eigenvalue weighted by molar-refractivity contribution is 7.25. The summed E-state index contributed by atoms with van der Waals surface area (Å²) in [5.74, 6) is 4.72. The van der Waals surface area contributed by atoms with E-state index in [1.807, 2.05) is 115 Å². The number of furan rings is 1. The van der Waals surface area contributed by atoms with Gasteiger partial charge in [-0.15, -0.1) is 0 Å². The molecule has 0 fully saturated rings. The average molecular weight is 1440 g/mol. The Balaban J connectivity index is 0.0000000889. The van der Waals surface area contributed by atoms with Crippen LogP contribution in [0, 0.1) is 0 Å². The zero-order chi connectivity index (χ0) is 79.6. The molecule has 20 aromatic heterocycles. The highest BCUT2D eigenvalue weighted by Crippen LogP contribution is 2.42. The Morgan fingerprint density at radius 1 is 0.333 bits per heavy atom. The third-order valence-electron chi connectivity index (χ3n) is 22.1. The van der Waals surface area contributed by atoms with E-state index < -0.39 is 20.9 Å². The smallest absolute Gasteiger partial charge is 0.339 e. The number of rotatable bonds is 1. The third-order valence-corrected chi connectivity index (χ3v) is 23.2. The molecule has 0 N–H and O–H groups in total. The van der Waals surface area contributed by atoms with Crippen molar-refractivity contribution < 1.29 is 39.6 Å². The monoisotopic (exact) mass is 1440 g/mol. The van der Waals surface area contributed by atoms with Crippen molar-refractivity contribution in [3.05, 3.63) is 243 Å². The average Bonchev–Trinajstić information content (AvgIpc) is 1.54. The normalized spacial score (nSPS) is 14.5. The van der Waals surface area contributed by atoms with Crippen molar-refractivity contribution in [3.63, 3.8) is 0 Å². The maximum absolute atomic E-state index is 8.11. The van der Waals surface area contributed by atoms with Gasteiger partial charge in [0.05, 0.1) is 136 Å². The van der Waals surface area contributed by atoms with E-state index in [0.717, 1.165) is 86.6 Å². The van der Waals surface area contributed by atoms with Crippen molar-refractivity contribution in [1.29, 1.82) is 0 Å². The zero-order valence-electron chi connectivity index (χ0n) is 67.3. The van der Waals surface area contributed by atoms with Crippen molar-refractivity contribution in [3.8, 4) is 62.6 Å². The van der Waals surface area contributed by atoms with Gasteiger partial charge < -0.3 is 4.42 Å². The van der Waals surface area contributed by atoms with Gasteiger partial charge in [0.15, 0.2) is 22.1 Å². The molecule has 26 rings (SSSR count). The van der Waals surface area contributed by atoms with Gasteiger partial charge >= 0.3 is 5.71 Å². The SMILES string of the molecule is Cn1c2[n+](c3c1c1cnccc1n3-c1ccccc1)Cc1ccncc1-2.Cn1c2[n+](c3oc4ccncc4c31)Cc1ccncc1-2.Cn1c2[n+](c3sc4ccncc4c31)Cc1ccncc1-2.[2H]C([2H])([2H])n1c2[n+](c3c1c1cnccc1n3C([2H])([2H])[2H])Cc1ccncc1-2.[2H]C([2H])([2H])n1c2[n+](c3c1c1cnccc1n3C)Cc1ccncc1-2. The molecule has 0 amide bonds. The van der Waals surface area contributed by atoms with E-state index in [9.17, 15) is 0 Å². The van der Waals surface area contributed by atoms with Crippen LogP contribution >= 0.6 is 11.3 Å². The second-order valence-electron chi connectivity index (χ2n) is 27.6. The van der Waals surface area contributed by atoms with Crippen LogP contribution in [0.1, 0.15) is 40.2 Å². The quantitative estimate of drug-likeness (QED) is 0.142. The van der Waals surface area contributed by atoms with Gasteiger partial charge in [-0.2, -0.15) is 4.57 Å². The molecule has 0 atom stereocenters. The van der Waals surface area contributed by atoms with Crippen LogP contribution in [0.3, 0.4) is 0 Å². The first-order chi connectivity index (χ1) is 56.7. The summed E-state index contributed by atoms with van der Waals surface area (Å²) in [5, 5.41) is 4.80. The first-order valence-corrected chi connectivity index (χ1v) is 35.9. The molecule has 0 radical (unpaired) electrons. The number of aryl methyl sites for hydroxylation is 7.